The molecular formula is C11H16ClN3. The number of rotatable bonds is 2. The molecule has 82 valence electrons. The maximum Gasteiger partial charge on any atom is 0.149 e. The minimum Gasteiger partial charge on any atom is -0.365 e. The summed E-state index contributed by atoms with van der Waals surface area (Å²) in [6, 6.07) is 0.477. The van der Waals surface area contributed by atoms with Gasteiger partial charge in [0.25, 0.3) is 0 Å². The van der Waals surface area contributed by atoms with Gasteiger partial charge in [-0.3, -0.25) is 4.98 Å². The van der Waals surface area contributed by atoms with Crippen LogP contribution in [0.3, 0.4) is 0 Å². The molecule has 1 unspecified atom stereocenters. The van der Waals surface area contributed by atoms with E-state index in [1.165, 1.54) is 19.3 Å². The lowest BCUT2D eigenvalue weighted by Gasteiger charge is -2.28. The second-order valence-corrected chi connectivity index (χ2v) is 5.19. The highest BCUT2D eigenvalue weighted by Crippen LogP contribution is 2.38. The molecule has 0 radical (unpaired) electrons. The summed E-state index contributed by atoms with van der Waals surface area (Å²) in [5.41, 5.74) is 0.337. The molecule has 1 aromatic heterocycles. The number of nitrogens with one attached hydrogen (secondary N) is 1. The van der Waals surface area contributed by atoms with Crippen molar-refractivity contribution in [3.05, 3.63) is 17.5 Å². The van der Waals surface area contributed by atoms with Crippen LogP contribution < -0.4 is 5.32 Å². The number of hydrogen-bond acceptors (Lipinski definition) is 3. The first kappa shape index (κ1) is 10.7. The van der Waals surface area contributed by atoms with Gasteiger partial charge in [0, 0.05) is 6.04 Å². The fourth-order valence-electron chi connectivity index (χ4n) is 2.18. The lowest BCUT2D eigenvalue weighted by Crippen LogP contribution is -2.31. The second kappa shape index (κ2) is 3.97. The third kappa shape index (κ3) is 2.40. The maximum atomic E-state index is 5.79. The van der Waals surface area contributed by atoms with Crippen LogP contribution in [-0.2, 0) is 0 Å². The van der Waals surface area contributed by atoms with Crippen LogP contribution in [-0.4, -0.2) is 16.0 Å². The zero-order chi connectivity index (χ0) is 10.9. The van der Waals surface area contributed by atoms with E-state index in [-0.39, 0.29) is 0 Å². The molecule has 0 amide bonds. The van der Waals surface area contributed by atoms with Gasteiger partial charge < -0.3 is 5.32 Å². The predicted molar refractivity (Wildman–Crippen MR) is 62.1 cm³/mol. The lowest BCUT2D eigenvalue weighted by atomic mass is 9.87. The van der Waals surface area contributed by atoms with Crippen LogP contribution in [0.2, 0.25) is 5.15 Å². The standard InChI is InChI=1S/C11H16ClN3/c1-11(2)5-3-4-8(11)14-10-7-13-6-9(12)15-10/h6-8H,3-5H2,1-2H3,(H,14,15). The van der Waals surface area contributed by atoms with Crippen molar-refractivity contribution in [2.24, 2.45) is 5.41 Å². The quantitative estimate of drug-likeness (QED) is 0.841. The van der Waals surface area contributed by atoms with Crippen LogP contribution in [0.15, 0.2) is 12.4 Å². The Kier molecular flexibility index (Phi) is 2.83. The number of nitrogens with zero attached hydrogens (tertiary/aromatic N) is 2. The summed E-state index contributed by atoms with van der Waals surface area (Å²) in [5.74, 6) is 0.780. The Morgan fingerprint density at radius 2 is 2.27 bits per heavy atom. The summed E-state index contributed by atoms with van der Waals surface area (Å²) in [6.45, 7) is 4.57. The Labute approximate surface area is 95.3 Å². The van der Waals surface area contributed by atoms with Crippen LogP contribution in [0, 0.1) is 5.41 Å². The van der Waals surface area contributed by atoms with Crippen molar-refractivity contribution < 1.29 is 0 Å². The third-order valence-electron chi connectivity index (χ3n) is 3.18. The van der Waals surface area contributed by atoms with Gasteiger partial charge in [-0.1, -0.05) is 31.9 Å². The lowest BCUT2D eigenvalue weighted by molar-refractivity contribution is 0.349. The fraction of sp³-hybridized carbons (Fsp3) is 0.636. The van der Waals surface area contributed by atoms with E-state index >= 15 is 0 Å². The molecule has 4 heteroatoms. The fourth-order valence-corrected chi connectivity index (χ4v) is 2.33. The van der Waals surface area contributed by atoms with Crippen molar-refractivity contribution in [3.8, 4) is 0 Å². The molecule has 1 heterocycles. The smallest absolute Gasteiger partial charge is 0.149 e. The Hall–Kier alpha value is -0.830. The summed E-state index contributed by atoms with van der Waals surface area (Å²) in [6.07, 6.45) is 7.01. The highest BCUT2D eigenvalue weighted by Gasteiger charge is 2.34. The zero-order valence-corrected chi connectivity index (χ0v) is 9.88. The maximum absolute atomic E-state index is 5.79. The van der Waals surface area contributed by atoms with E-state index in [2.05, 4.69) is 29.1 Å². The zero-order valence-electron chi connectivity index (χ0n) is 9.13. The molecule has 0 aromatic carbocycles. The molecule has 15 heavy (non-hydrogen) atoms. The summed E-state index contributed by atoms with van der Waals surface area (Å²) in [4.78, 5) is 8.21. The average molecular weight is 226 g/mol. The molecule has 1 atom stereocenters. The van der Waals surface area contributed by atoms with Crippen molar-refractivity contribution in [1.29, 1.82) is 0 Å². The molecule has 1 aliphatic rings. The summed E-state index contributed by atoms with van der Waals surface area (Å²) < 4.78 is 0. The van der Waals surface area contributed by atoms with Gasteiger partial charge in [0.05, 0.1) is 12.4 Å². The van der Waals surface area contributed by atoms with Crippen molar-refractivity contribution in [2.75, 3.05) is 5.32 Å². The van der Waals surface area contributed by atoms with E-state index in [9.17, 15) is 0 Å². The van der Waals surface area contributed by atoms with Gasteiger partial charge in [0.15, 0.2) is 0 Å². The Morgan fingerprint density at radius 1 is 1.47 bits per heavy atom. The first-order valence-corrected chi connectivity index (χ1v) is 5.70. The molecule has 1 aromatic rings. The van der Waals surface area contributed by atoms with Crippen LogP contribution in [0.4, 0.5) is 5.82 Å². The largest absolute Gasteiger partial charge is 0.365 e. The number of hydrogen-bond donors (Lipinski definition) is 1. The van der Waals surface area contributed by atoms with E-state index < -0.39 is 0 Å². The number of anilines is 1. The van der Waals surface area contributed by atoms with E-state index in [1.807, 2.05) is 0 Å². The summed E-state index contributed by atoms with van der Waals surface area (Å²) in [5, 5.41) is 3.85. The van der Waals surface area contributed by atoms with Gasteiger partial charge in [0.2, 0.25) is 0 Å². The Balaban J connectivity index is 2.09. The minimum atomic E-state index is 0.337. The van der Waals surface area contributed by atoms with Gasteiger partial charge in [0.1, 0.15) is 11.0 Å². The molecule has 1 N–H and O–H groups in total. The van der Waals surface area contributed by atoms with Crippen LogP contribution in [0.1, 0.15) is 33.1 Å². The van der Waals surface area contributed by atoms with Crippen molar-refractivity contribution in [2.45, 2.75) is 39.2 Å². The minimum absolute atomic E-state index is 0.337. The van der Waals surface area contributed by atoms with E-state index in [0.29, 0.717) is 16.6 Å². The van der Waals surface area contributed by atoms with E-state index in [4.69, 9.17) is 11.6 Å². The highest BCUT2D eigenvalue weighted by atomic mass is 35.5. The molecule has 3 nitrogen and oxygen atoms in total. The molecule has 0 aliphatic heterocycles. The normalized spacial score (nSPS) is 24.1. The van der Waals surface area contributed by atoms with Gasteiger partial charge in [-0.25, -0.2) is 4.98 Å². The summed E-state index contributed by atoms with van der Waals surface area (Å²) >= 11 is 5.79. The molecule has 1 aliphatic carbocycles. The molecule has 1 fully saturated rings. The topological polar surface area (TPSA) is 37.8 Å². The Morgan fingerprint density at radius 3 is 2.87 bits per heavy atom. The second-order valence-electron chi connectivity index (χ2n) is 4.80. The summed E-state index contributed by atoms with van der Waals surface area (Å²) in [7, 11) is 0. The highest BCUT2D eigenvalue weighted by molar-refractivity contribution is 6.29. The molecular weight excluding hydrogens is 210 g/mol. The van der Waals surface area contributed by atoms with E-state index in [0.717, 1.165) is 5.82 Å². The van der Waals surface area contributed by atoms with Crippen LogP contribution in [0.25, 0.3) is 0 Å². The molecule has 0 saturated heterocycles. The molecule has 1 saturated carbocycles. The third-order valence-corrected chi connectivity index (χ3v) is 3.37. The van der Waals surface area contributed by atoms with Gasteiger partial charge >= 0.3 is 0 Å². The van der Waals surface area contributed by atoms with Crippen molar-refractivity contribution in [3.63, 3.8) is 0 Å². The SMILES string of the molecule is CC1(C)CCCC1Nc1cncc(Cl)n1. The first-order chi connectivity index (χ1) is 7.08. The number of aromatic nitrogens is 2. The number of halogens is 1. The van der Waals surface area contributed by atoms with E-state index in [1.54, 1.807) is 12.4 Å². The Bertz CT molecular complexity index is 351. The molecule has 0 bridgehead atoms. The van der Waals surface area contributed by atoms with Crippen LogP contribution in [0.5, 0.6) is 0 Å². The molecule has 2 rings (SSSR count). The van der Waals surface area contributed by atoms with Gasteiger partial charge in [-0.15, -0.1) is 0 Å². The van der Waals surface area contributed by atoms with Crippen LogP contribution >= 0.6 is 11.6 Å². The monoisotopic (exact) mass is 225 g/mol. The van der Waals surface area contributed by atoms with Gasteiger partial charge in [-0.05, 0) is 18.3 Å². The molecule has 0 spiro atoms. The van der Waals surface area contributed by atoms with Crippen molar-refractivity contribution in [1.82, 2.24) is 9.97 Å². The van der Waals surface area contributed by atoms with Crippen molar-refractivity contribution >= 4 is 17.4 Å². The average Bonchev–Trinajstić information content (AvgIpc) is 2.46. The van der Waals surface area contributed by atoms with Gasteiger partial charge in [-0.2, -0.15) is 0 Å². The first-order valence-electron chi connectivity index (χ1n) is 5.32. The predicted octanol–water partition coefficient (Wildman–Crippen LogP) is 3.12.